The molecule has 4 aliphatic carbocycles. The minimum atomic E-state index is -0.653. The number of aliphatic hydroxyl groups excluding tert-OH is 2. The SMILES string of the molecule is C=C1/C(=C\C=C2/CCC[C@]3(C)[C@@H]([C@H](C)CC[C@H](OC(=O)NCC)C4(c5nc(C)co5)CC4)CC[C@@H]23)C[C@@H](O)C[C@@H]1O. The number of aryl methyl sites for hydroxylation is 1. The summed E-state index contributed by atoms with van der Waals surface area (Å²) in [6, 6.07) is 0. The highest BCUT2D eigenvalue weighted by molar-refractivity contribution is 5.67. The fraction of sp³-hybridized carbons (Fsp3) is 0.706. The number of rotatable bonds is 9. The lowest BCUT2D eigenvalue weighted by molar-refractivity contribution is 0.0474. The van der Waals surface area contributed by atoms with E-state index in [9.17, 15) is 15.0 Å². The van der Waals surface area contributed by atoms with Gasteiger partial charge in [-0.2, -0.15) is 0 Å². The van der Waals surface area contributed by atoms with Crippen molar-refractivity contribution in [1.29, 1.82) is 0 Å². The number of allylic oxidation sites excluding steroid dienone is 3. The average molecular weight is 567 g/mol. The first kappa shape index (κ1) is 30.1. The third-order valence-electron chi connectivity index (χ3n) is 10.9. The quantitative estimate of drug-likeness (QED) is 0.308. The van der Waals surface area contributed by atoms with E-state index in [2.05, 4.69) is 42.9 Å². The van der Waals surface area contributed by atoms with Crippen molar-refractivity contribution in [1.82, 2.24) is 10.3 Å². The summed E-state index contributed by atoms with van der Waals surface area (Å²) in [5.74, 6) is 2.39. The van der Waals surface area contributed by atoms with Crippen LogP contribution in [0.25, 0.3) is 0 Å². The van der Waals surface area contributed by atoms with Crippen LogP contribution in [-0.4, -0.2) is 46.1 Å². The number of carbonyl (C=O) groups excluding carboxylic acids is 1. The van der Waals surface area contributed by atoms with Gasteiger partial charge in [-0.15, -0.1) is 0 Å². The van der Waals surface area contributed by atoms with E-state index in [4.69, 9.17) is 9.15 Å². The first-order valence-electron chi connectivity index (χ1n) is 15.9. The van der Waals surface area contributed by atoms with Crippen LogP contribution in [0.1, 0.15) is 103 Å². The molecule has 7 nitrogen and oxygen atoms in total. The number of aromatic nitrogens is 1. The maximum Gasteiger partial charge on any atom is 0.407 e. The number of oxazole rings is 1. The number of ether oxygens (including phenoxy) is 1. The lowest BCUT2D eigenvalue weighted by atomic mass is 9.60. The van der Waals surface area contributed by atoms with Crippen LogP contribution in [-0.2, 0) is 10.2 Å². The molecule has 0 aliphatic heterocycles. The predicted molar refractivity (Wildman–Crippen MR) is 159 cm³/mol. The number of amides is 1. The summed E-state index contributed by atoms with van der Waals surface area (Å²) in [6.07, 6.45) is 14.9. The highest BCUT2D eigenvalue weighted by atomic mass is 16.6. The molecule has 41 heavy (non-hydrogen) atoms. The Bertz CT molecular complexity index is 1180. The van der Waals surface area contributed by atoms with Crippen LogP contribution in [0.15, 0.2) is 46.1 Å². The molecule has 1 heterocycles. The van der Waals surface area contributed by atoms with Gasteiger partial charge in [-0.05, 0) is 112 Å². The molecule has 1 amide bonds. The molecule has 7 heteroatoms. The molecule has 4 aliphatic rings. The standard InChI is InChI=1S/C34H50N2O5/c1-6-35-32(39)41-30(34(16-17-34)31-36-22(3)20-40-31)14-9-21(2)27-12-13-28-24(8-7-15-33(27,28)5)10-11-25-18-26(37)19-29(38)23(25)4/h10-11,20-21,26-30,37-38H,4,6-9,12-19H2,1-3,5H3,(H,35,39)/b24-10+,25-11-/t21-,26-,27-,28+,29+,30+,33-/m1/s1. The molecule has 5 rings (SSSR count). The van der Waals surface area contributed by atoms with Crippen LogP contribution in [0.5, 0.6) is 0 Å². The normalized spacial score (nSPS) is 34.3. The van der Waals surface area contributed by atoms with Gasteiger partial charge in [0.25, 0.3) is 0 Å². The zero-order chi connectivity index (χ0) is 29.4. The van der Waals surface area contributed by atoms with Crippen LogP contribution in [0.2, 0.25) is 0 Å². The number of nitrogens with one attached hydrogen (secondary N) is 1. The van der Waals surface area contributed by atoms with Gasteiger partial charge in [0.05, 0.1) is 23.3 Å². The third kappa shape index (κ3) is 6.08. The van der Waals surface area contributed by atoms with Crippen molar-refractivity contribution < 1.29 is 24.2 Å². The second-order valence-corrected chi connectivity index (χ2v) is 13.6. The van der Waals surface area contributed by atoms with Gasteiger partial charge in [0.2, 0.25) is 5.89 Å². The molecular formula is C34H50N2O5. The van der Waals surface area contributed by atoms with E-state index in [0.717, 1.165) is 48.9 Å². The number of fused-ring (bicyclic) bond motifs is 1. The summed E-state index contributed by atoms with van der Waals surface area (Å²) in [5.41, 5.74) is 4.04. The maximum atomic E-state index is 12.5. The molecular weight excluding hydrogens is 516 g/mol. The van der Waals surface area contributed by atoms with E-state index in [1.807, 2.05) is 13.8 Å². The molecule has 0 unspecified atom stereocenters. The summed E-state index contributed by atoms with van der Waals surface area (Å²) in [5, 5.41) is 23.2. The Morgan fingerprint density at radius 1 is 1.27 bits per heavy atom. The van der Waals surface area contributed by atoms with Crippen molar-refractivity contribution in [3.63, 3.8) is 0 Å². The van der Waals surface area contributed by atoms with Crippen LogP contribution in [0, 0.1) is 30.1 Å². The van der Waals surface area contributed by atoms with E-state index in [1.165, 1.54) is 31.3 Å². The lowest BCUT2D eigenvalue weighted by Crippen LogP contribution is -2.38. The molecule has 226 valence electrons. The summed E-state index contributed by atoms with van der Waals surface area (Å²) in [6.45, 7) is 13.4. The van der Waals surface area contributed by atoms with Crippen molar-refractivity contribution in [2.75, 3.05) is 6.54 Å². The van der Waals surface area contributed by atoms with E-state index >= 15 is 0 Å². The van der Waals surface area contributed by atoms with Gasteiger partial charge >= 0.3 is 6.09 Å². The zero-order valence-electron chi connectivity index (χ0n) is 25.5. The first-order valence-corrected chi connectivity index (χ1v) is 15.9. The Morgan fingerprint density at radius 3 is 2.73 bits per heavy atom. The number of nitrogens with zero attached hydrogens (tertiary/aromatic N) is 1. The Balaban J connectivity index is 1.28. The van der Waals surface area contributed by atoms with Gasteiger partial charge < -0.3 is 24.7 Å². The van der Waals surface area contributed by atoms with Gasteiger partial charge in [-0.1, -0.05) is 38.2 Å². The van der Waals surface area contributed by atoms with Crippen LogP contribution in [0.3, 0.4) is 0 Å². The highest BCUT2D eigenvalue weighted by Crippen LogP contribution is 2.60. The minimum absolute atomic E-state index is 0.248. The van der Waals surface area contributed by atoms with Crippen LogP contribution < -0.4 is 5.32 Å². The van der Waals surface area contributed by atoms with E-state index in [0.29, 0.717) is 43.0 Å². The lowest BCUT2D eigenvalue weighted by Gasteiger charge is -2.44. The second-order valence-electron chi connectivity index (χ2n) is 13.6. The molecule has 4 saturated carbocycles. The van der Waals surface area contributed by atoms with E-state index < -0.39 is 12.2 Å². The molecule has 1 aromatic rings. The molecule has 0 spiro atoms. The fourth-order valence-electron chi connectivity index (χ4n) is 8.45. The topological polar surface area (TPSA) is 105 Å². The van der Waals surface area contributed by atoms with Gasteiger partial charge in [-0.3, -0.25) is 0 Å². The van der Waals surface area contributed by atoms with E-state index in [1.54, 1.807) is 6.26 Å². The minimum Gasteiger partial charge on any atom is -0.448 e. The fourth-order valence-corrected chi connectivity index (χ4v) is 8.45. The smallest absolute Gasteiger partial charge is 0.407 e. The Hall–Kier alpha value is -2.38. The second kappa shape index (κ2) is 12.1. The third-order valence-corrected chi connectivity index (χ3v) is 10.9. The number of hydrogen-bond acceptors (Lipinski definition) is 6. The molecule has 4 fully saturated rings. The Morgan fingerprint density at radius 2 is 2.05 bits per heavy atom. The number of alkyl carbamates (subject to hydrolysis) is 1. The molecule has 0 saturated heterocycles. The number of carbonyl (C=O) groups is 1. The van der Waals surface area contributed by atoms with Crippen molar-refractivity contribution in [2.45, 2.75) is 122 Å². The van der Waals surface area contributed by atoms with Gasteiger partial charge in [0, 0.05) is 13.0 Å². The largest absolute Gasteiger partial charge is 0.448 e. The number of hydrogen-bond donors (Lipinski definition) is 3. The van der Waals surface area contributed by atoms with Crippen molar-refractivity contribution in [3.8, 4) is 0 Å². The van der Waals surface area contributed by atoms with Crippen LogP contribution in [0.4, 0.5) is 4.79 Å². The average Bonchev–Trinajstić information content (AvgIpc) is 3.48. The van der Waals surface area contributed by atoms with Gasteiger partial charge in [0.1, 0.15) is 12.4 Å². The summed E-state index contributed by atoms with van der Waals surface area (Å²) < 4.78 is 11.9. The summed E-state index contributed by atoms with van der Waals surface area (Å²) in [4.78, 5) is 17.2. The molecule has 0 radical (unpaired) electrons. The monoisotopic (exact) mass is 566 g/mol. The van der Waals surface area contributed by atoms with Crippen molar-refractivity contribution in [2.24, 2.45) is 23.2 Å². The molecule has 3 N–H and O–H groups in total. The van der Waals surface area contributed by atoms with Crippen molar-refractivity contribution in [3.05, 3.63) is 53.3 Å². The van der Waals surface area contributed by atoms with Gasteiger partial charge in [0.15, 0.2) is 0 Å². The zero-order valence-corrected chi connectivity index (χ0v) is 25.5. The first-order chi connectivity index (χ1) is 19.6. The molecule has 0 bridgehead atoms. The Labute approximate surface area is 245 Å². The molecule has 0 aromatic carbocycles. The Kier molecular flexibility index (Phi) is 8.87. The molecule has 1 aromatic heterocycles. The van der Waals surface area contributed by atoms with E-state index in [-0.39, 0.29) is 23.0 Å². The number of aliphatic hydroxyl groups is 2. The summed E-state index contributed by atoms with van der Waals surface area (Å²) >= 11 is 0. The predicted octanol–water partition coefficient (Wildman–Crippen LogP) is 6.69. The van der Waals surface area contributed by atoms with Gasteiger partial charge in [-0.25, -0.2) is 9.78 Å². The van der Waals surface area contributed by atoms with Crippen LogP contribution >= 0.6 is 0 Å². The molecule has 7 atom stereocenters. The summed E-state index contributed by atoms with van der Waals surface area (Å²) in [7, 11) is 0. The maximum absolute atomic E-state index is 12.5. The highest BCUT2D eigenvalue weighted by Gasteiger charge is 2.57. The van der Waals surface area contributed by atoms with Crippen molar-refractivity contribution >= 4 is 6.09 Å².